The minimum atomic E-state index is -4.77. The molecule has 0 aliphatic heterocycles. The van der Waals surface area contributed by atoms with E-state index < -0.39 is 38.2 Å². The van der Waals surface area contributed by atoms with Crippen molar-refractivity contribution >= 4 is 10.0 Å². The molecule has 6 nitrogen and oxygen atoms in total. The number of rotatable bonds is 2. The maximum Gasteiger partial charge on any atom is 0.432 e. The van der Waals surface area contributed by atoms with Gasteiger partial charge in [0.15, 0.2) is 0 Å². The van der Waals surface area contributed by atoms with Crippen LogP contribution in [-0.2, 0) is 16.2 Å². The van der Waals surface area contributed by atoms with E-state index in [2.05, 4.69) is 0 Å². The fraction of sp³-hybridized carbons (Fsp3) is 0.100. The quantitative estimate of drug-likeness (QED) is 0.805. The summed E-state index contributed by atoms with van der Waals surface area (Å²) in [6, 6.07) is 2.57. The van der Waals surface area contributed by atoms with E-state index in [-0.39, 0.29) is 5.69 Å². The highest BCUT2D eigenvalue weighted by Gasteiger charge is 2.33. The van der Waals surface area contributed by atoms with E-state index >= 15 is 0 Å². The largest absolute Gasteiger partial charge is 0.432 e. The lowest BCUT2D eigenvalue weighted by molar-refractivity contribution is -0.141. The number of primary sulfonamides is 1. The minimum Gasteiger partial charge on any atom is -0.286 e. The van der Waals surface area contributed by atoms with Gasteiger partial charge in [0.1, 0.15) is 16.4 Å². The van der Waals surface area contributed by atoms with Gasteiger partial charge in [-0.15, -0.1) is 0 Å². The number of nitrogens with zero attached hydrogens (tertiary/aromatic N) is 1. The summed E-state index contributed by atoms with van der Waals surface area (Å²) < 4.78 is 73.4. The van der Waals surface area contributed by atoms with Gasteiger partial charge in [0.2, 0.25) is 10.0 Å². The number of H-pyrrole nitrogens is 1. The molecule has 0 radical (unpaired) electrons. The zero-order valence-corrected chi connectivity index (χ0v) is 10.8. The number of nitrogens with two attached hydrogens (primary N) is 1. The second-order valence-electron chi connectivity index (χ2n) is 4.00. The monoisotopic (exact) mass is 325 g/mol. The van der Waals surface area contributed by atoms with Gasteiger partial charge >= 0.3 is 6.18 Å². The molecule has 2 rings (SSSR count). The van der Waals surface area contributed by atoms with Crippen LogP contribution in [0.5, 0.6) is 0 Å². The molecule has 1 aromatic carbocycles. The Morgan fingerprint density at radius 3 is 2.24 bits per heavy atom. The van der Waals surface area contributed by atoms with Crippen molar-refractivity contribution in [2.45, 2.75) is 11.1 Å². The van der Waals surface area contributed by atoms with Gasteiger partial charge in [-0.05, 0) is 12.1 Å². The van der Waals surface area contributed by atoms with Crippen LogP contribution in [0.15, 0.2) is 34.0 Å². The van der Waals surface area contributed by atoms with E-state index in [9.17, 15) is 30.8 Å². The molecule has 0 aliphatic carbocycles. The van der Waals surface area contributed by atoms with Crippen molar-refractivity contribution in [3.8, 4) is 5.69 Å². The summed E-state index contributed by atoms with van der Waals surface area (Å²) in [4.78, 5) is 10.6. The predicted octanol–water partition coefficient (Wildman–Crippen LogP) is 0.971. The lowest BCUT2D eigenvalue weighted by Crippen LogP contribution is -2.17. The maximum atomic E-state index is 13.6. The van der Waals surface area contributed by atoms with Crippen LogP contribution in [0.25, 0.3) is 5.69 Å². The molecule has 1 heterocycles. The molecule has 0 aliphatic rings. The van der Waals surface area contributed by atoms with Crippen LogP contribution in [-0.4, -0.2) is 18.2 Å². The molecule has 114 valence electrons. The number of aromatic amines is 1. The Morgan fingerprint density at radius 2 is 1.81 bits per heavy atom. The first kappa shape index (κ1) is 15.3. The second kappa shape index (κ2) is 4.70. The van der Waals surface area contributed by atoms with Crippen molar-refractivity contribution in [3.05, 3.63) is 46.1 Å². The van der Waals surface area contributed by atoms with Crippen molar-refractivity contribution in [3.63, 3.8) is 0 Å². The van der Waals surface area contributed by atoms with Crippen molar-refractivity contribution < 1.29 is 26.0 Å². The number of hydrogen-bond acceptors (Lipinski definition) is 3. The number of alkyl halides is 3. The fourth-order valence-electron chi connectivity index (χ4n) is 1.59. The summed E-state index contributed by atoms with van der Waals surface area (Å²) in [7, 11) is -4.31. The molecule has 2 aromatic rings. The van der Waals surface area contributed by atoms with Crippen molar-refractivity contribution in [1.82, 2.24) is 9.78 Å². The van der Waals surface area contributed by atoms with E-state index in [1.165, 1.54) is 0 Å². The summed E-state index contributed by atoms with van der Waals surface area (Å²) in [5.41, 5.74) is -2.70. The van der Waals surface area contributed by atoms with Crippen LogP contribution in [0.3, 0.4) is 0 Å². The van der Waals surface area contributed by atoms with Gasteiger partial charge in [0.25, 0.3) is 5.56 Å². The number of hydrogen-bond donors (Lipinski definition) is 2. The van der Waals surface area contributed by atoms with Gasteiger partial charge in [-0.1, -0.05) is 0 Å². The van der Waals surface area contributed by atoms with Crippen LogP contribution in [0.4, 0.5) is 17.6 Å². The first-order valence-electron chi connectivity index (χ1n) is 5.22. The molecule has 1 aromatic heterocycles. The lowest BCUT2D eigenvalue weighted by Gasteiger charge is -2.06. The Morgan fingerprint density at radius 1 is 1.19 bits per heavy atom. The number of benzene rings is 1. The van der Waals surface area contributed by atoms with Gasteiger partial charge in [-0.2, -0.15) is 13.2 Å². The fourth-order valence-corrected chi connectivity index (χ4v) is 2.18. The first-order chi connectivity index (χ1) is 9.50. The molecule has 0 unspecified atom stereocenters. The van der Waals surface area contributed by atoms with E-state index in [0.29, 0.717) is 16.8 Å². The minimum absolute atomic E-state index is 0.297. The third kappa shape index (κ3) is 2.97. The second-order valence-corrected chi connectivity index (χ2v) is 5.53. The zero-order chi connectivity index (χ0) is 16.0. The average molecular weight is 325 g/mol. The van der Waals surface area contributed by atoms with E-state index in [1.54, 1.807) is 5.10 Å². The van der Waals surface area contributed by atoms with Crippen LogP contribution < -0.4 is 10.7 Å². The number of halogens is 4. The summed E-state index contributed by atoms with van der Waals surface area (Å²) in [5, 5.41) is 6.50. The zero-order valence-electron chi connectivity index (χ0n) is 9.98. The summed E-state index contributed by atoms with van der Waals surface area (Å²) in [5.74, 6) is -1.29. The smallest absolute Gasteiger partial charge is 0.286 e. The molecule has 11 heteroatoms. The van der Waals surface area contributed by atoms with Gasteiger partial charge in [0.05, 0.1) is 5.69 Å². The molecule has 0 fully saturated rings. The van der Waals surface area contributed by atoms with Gasteiger partial charge in [-0.3, -0.25) is 9.89 Å². The number of aromatic nitrogens is 2. The summed E-state index contributed by atoms with van der Waals surface area (Å²) in [6.45, 7) is 0. The van der Waals surface area contributed by atoms with Crippen LogP contribution >= 0.6 is 0 Å². The molecule has 21 heavy (non-hydrogen) atoms. The predicted molar refractivity (Wildman–Crippen MR) is 62.7 cm³/mol. The highest BCUT2D eigenvalue weighted by Crippen LogP contribution is 2.27. The van der Waals surface area contributed by atoms with Crippen LogP contribution in [0, 0.1) is 5.82 Å². The molecule has 0 saturated carbocycles. The van der Waals surface area contributed by atoms with Crippen molar-refractivity contribution in [2.75, 3.05) is 0 Å². The molecule has 0 atom stereocenters. The van der Waals surface area contributed by atoms with Gasteiger partial charge < -0.3 is 0 Å². The van der Waals surface area contributed by atoms with Crippen LogP contribution in [0.2, 0.25) is 0 Å². The Labute approximate surface area is 114 Å². The normalized spacial score (nSPS) is 12.6. The summed E-state index contributed by atoms with van der Waals surface area (Å²) in [6.07, 6.45) is -4.77. The van der Waals surface area contributed by atoms with E-state index in [1.807, 2.05) is 0 Å². The maximum absolute atomic E-state index is 13.6. The highest BCUT2D eigenvalue weighted by atomic mass is 32.2. The molecule has 0 bridgehead atoms. The third-order valence-corrected chi connectivity index (χ3v) is 3.45. The van der Waals surface area contributed by atoms with Crippen molar-refractivity contribution in [2.24, 2.45) is 5.14 Å². The Kier molecular flexibility index (Phi) is 3.41. The van der Waals surface area contributed by atoms with Crippen molar-refractivity contribution in [1.29, 1.82) is 0 Å². The number of nitrogens with one attached hydrogen (secondary N) is 1. The molecule has 0 amide bonds. The Hall–Kier alpha value is -2.14. The Bertz CT molecular complexity index is 851. The molecule has 0 saturated heterocycles. The molecule has 0 spiro atoms. The van der Waals surface area contributed by atoms with Gasteiger partial charge in [0, 0.05) is 12.1 Å². The van der Waals surface area contributed by atoms with E-state index in [4.69, 9.17) is 5.14 Å². The van der Waals surface area contributed by atoms with E-state index in [0.717, 1.165) is 12.1 Å². The first-order valence-corrected chi connectivity index (χ1v) is 6.77. The third-order valence-electron chi connectivity index (χ3n) is 2.51. The van der Waals surface area contributed by atoms with Crippen LogP contribution in [0.1, 0.15) is 5.69 Å². The Balaban J connectivity index is 2.57. The lowest BCUT2D eigenvalue weighted by atomic mass is 10.3. The molecular formula is C10H7F4N3O3S. The number of sulfonamides is 1. The van der Waals surface area contributed by atoms with Gasteiger partial charge in [-0.25, -0.2) is 22.6 Å². The molecular weight excluding hydrogens is 318 g/mol. The SMILES string of the molecule is NS(=O)(=O)c1ccc(-n2[nH]c(C(F)(F)F)cc2=O)cc1F. The average Bonchev–Trinajstić information content (AvgIpc) is 2.69. The molecule has 3 N–H and O–H groups in total. The standard InChI is InChI=1S/C10H7F4N3O3S/c11-6-3-5(1-2-7(6)21(15,19)20)17-9(18)4-8(16-17)10(12,13)14/h1-4,16H,(H2,15,19,20). The highest BCUT2D eigenvalue weighted by molar-refractivity contribution is 7.89. The summed E-state index contributed by atoms with van der Waals surface area (Å²) >= 11 is 0. The topological polar surface area (TPSA) is 97.9 Å².